The molecular weight excluding hydrogens is 400 g/mol. The van der Waals surface area contributed by atoms with Crippen LogP contribution in [0.1, 0.15) is 49.9 Å². The zero-order chi connectivity index (χ0) is 23.3. The summed E-state index contributed by atoms with van der Waals surface area (Å²) >= 11 is 0. The molecule has 174 valence electrons. The molecule has 6 heteroatoms. The monoisotopic (exact) mass is 438 g/mol. The van der Waals surface area contributed by atoms with E-state index in [1.807, 2.05) is 24.3 Å². The Labute approximate surface area is 192 Å². The molecule has 0 spiro atoms. The van der Waals surface area contributed by atoms with Crippen LogP contribution in [0.3, 0.4) is 0 Å². The van der Waals surface area contributed by atoms with Crippen LogP contribution < -0.4 is 0 Å². The van der Waals surface area contributed by atoms with Crippen molar-refractivity contribution in [2.24, 2.45) is 9.98 Å². The third-order valence-corrected chi connectivity index (χ3v) is 5.60. The molecule has 2 N–H and O–H groups in total. The molecule has 0 radical (unpaired) electrons. The van der Waals surface area contributed by atoms with Gasteiger partial charge in [0.05, 0.1) is 13.1 Å². The van der Waals surface area contributed by atoms with E-state index in [4.69, 9.17) is 0 Å². The SMILES string of the molecule is CCN(CC)Cc1ccc(O)c(/C=N/CC/N=C/c2cc(CN(CC)CC)ccc2O)c1. The highest BCUT2D eigenvalue weighted by Gasteiger charge is 2.06. The zero-order valence-electron chi connectivity index (χ0n) is 20.0. The summed E-state index contributed by atoms with van der Waals surface area (Å²) in [5, 5.41) is 20.2. The number of nitrogens with zero attached hydrogens (tertiary/aromatic N) is 4. The number of benzene rings is 2. The lowest BCUT2D eigenvalue weighted by atomic mass is 10.1. The van der Waals surface area contributed by atoms with E-state index in [2.05, 4.69) is 47.5 Å². The van der Waals surface area contributed by atoms with Crippen molar-refractivity contribution < 1.29 is 10.2 Å². The molecule has 0 saturated heterocycles. The van der Waals surface area contributed by atoms with Crippen LogP contribution in [0, 0.1) is 0 Å². The lowest BCUT2D eigenvalue weighted by Gasteiger charge is -2.18. The second-order valence-electron chi connectivity index (χ2n) is 7.78. The summed E-state index contributed by atoms with van der Waals surface area (Å²) in [4.78, 5) is 13.5. The average molecular weight is 439 g/mol. The minimum Gasteiger partial charge on any atom is -0.507 e. The first-order valence-electron chi connectivity index (χ1n) is 11.6. The van der Waals surface area contributed by atoms with E-state index in [0.717, 1.165) is 61.5 Å². The standard InChI is InChI=1S/C26H38N4O2/c1-5-29(6-2)19-21-9-11-25(31)23(15-21)17-27-13-14-28-18-24-16-22(10-12-26(24)32)20-30(7-3)8-4/h9-12,15-18,31-32H,5-8,13-14,19-20H2,1-4H3/b27-17+,28-18+. The Balaban J connectivity index is 1.93. The molecule has 2 aromatic rings. The van der Waals surface area contributed by atoms with Crippen LogP contribution in [0.5, 0.6) is 11.5 Å². The second-order valence-corrected chi connectivity index (χ2v) is 7.78. The van der Waals surface area contributed by atoms with E-state index in [1.54, 1.807) is 24.6 Å². The van der Waals surface area contributed by atoms with Gasteiger partial charge in [0.1, 0.15) is 11.5 Å². The normalized spacial score (nSPS) is 12.1. The number of aromatic hydroxyl groups is 2. The third kappa shape index (κ3) is 8.09. The van der Waals surface area contributed by atoms with E-state index in [9.17, 15) is 10.2 Å². The largest absolute Gasteiger partial charge is 0.507 e. The molecule has 2 aromatic carbocycles. The van der Waals surface area contributed by atoms with E-state index in [0.29, 0.717) is 13.1 Å². The van der Waals surface area contributed by atoms with Gasteiger partial charge in [0, 0.05) is 36.6 Å². The number of hydrogen-bond donors (Lipinski definition) is 2. The molecule has 6 nitrogen and oxygen atoms in total. The summed E-state index contributed by atoms with van der Waals surface area (Å²) in [5.74, 6) is 0.464. The van der Waals surface area contributed by atoms with Crippen molar-refractivity contribution >= 4 is 12.4 Å². The molecule has 0 atom stereocenters. The van der Waals surface area contributed by atoms with E-state index in [-0.39, 0.29) is 11.5 Å². The molecule has 0 fully saturated rings. The Morgan fingerprint density at radius 1 is 0.656 bits per heavy atom. The second kappa shape index (κ2) is 13.7. The lowest BCUT2D eigenvalue weighted by molar-refractivity contribution is 0.295. The van der Waals surface area contributed by atoms with Gasteiger partial charge < -0.3 is 10.2 Å². The fraction of sp³-hybridized carbons (Fsp3) is 0.462. The fourth-order valence-corrected chi connectivity index (χ4v) is 3.46. The molecule has 2 rings (SSSR count). The van der Waals surface area contributed by atoms with Crippen molar-refractivity contribution in [1.29, 1.82) is 0 Å². The highest BCUT2D eigenvalue weighted by Crippen LogP contribution is 2.19. The summed E-state index contributed by atoms with van der Waals surface area (Å²) in [6, 6.07) is 11.3. The van der Waals surface area contributed by atoms with Gasteiger partial charge >= 0.3 is 0 Å². The van der Waals surface area contributed by atoms with Gasteiger partial charge in [-0.1, -0.05) is 39.8 Å². The number of aliphatic imine (C=N–C) groups is 2. The smallest absolute Gasteiger partial charge is 0.124 e. The van der Waals surface area contributed by atoms with Crippen molar-refractivity contribution in [3.63, 3.8) is 0 Å². The Morgan fingerprint density at radius 3 is 1.38 bits per heavy atom. The molecule has 0 aromatic heterocycles. The Bertz CT molecular complexity index is 814. The minimum absolute atomic E-state index is 0.232. The highest BCUT2D eigenvalue weighted by molar-refractivity contribution is 5.84. The molecule has 0 saturated carbocycles. The van der Waals surface area contributed by atoms with Gasteiger partial charge in [-0.15, -0.1) is 0 Å². The summed E-state index contributed by atoms with van der Waals surface area (Å²) in [6.07, 6.45) is 3.41. The van der Waals surface area contributed by atoms with Crippen molar-refractivity contribution in [1.82, 2.24) is 9.80 Å². The van der Waals surface area contributed by atoms with Gasteiger partial charge in [0.2, 0.25) is 0 Å². The van der Waals surface area contributed by atoms with Crippen LogP contribution in [0.15, 0.2) is 46.4 Å². The molecule has 0 unspecified atom stereocenters. The van der Waals surface area contributed by atoms with Gasteiger partial charge in [-0.25, -0.2) is 0 Å². The molecule has 0 aliphatic carbocycles. The molecule has 0 heterocycles. The number of phenolic OH excluding ortho intramolecular Hbond substituents is 2. The van der Waals surface area contributed by atoms with Crippen molar-refractivity contribution in [2.45, 2.75) is 40.8 Å². The van der Waals surface area contributed by atoms with E-state index in [1.165, 1.54) is 0 Å². The van der Waals surface area contributed by atoms with Gasteiger partial charge in [-0.3, -0.25) is 19.8 Å². The maximum absolute atomic E-state index is 10.1. The predicted octanol–water partition coefficient (Wildman–Crippen LogP) is 4.32. The number of rotatable bonds is 13. The molecule has 0 bridgehead atoms. The van der Waals surface area contributed by atoms with Crippen LogP contribution in [-0.2, 0) is 13.1 Å². The quantitative estimate of drug-likeness (QED) is 0.361. The molecule has 32 heavy (non-hydrogen) atoms. The Kier molecular flexibility index (Phi) is 10.9. The van der Waals surface area contributed by atoms with Crippen LogP contribution in [-0.4, -0.2) is 71.7 Å². The zero-order valence-corrected chi connectivity index (χ0v) is 20.0. The van der Waals surface area contributed by atoms with Gasteiger partial charge in [0.15, 0.2) is 0 Å². The predicted molar refractivity (Wildman–Crippen MR) is 134 cm³/mol. The minimum atomic E-state index is 0.232. The van der Waals surface area contributed by atoms with Crippen LogP contribution >= 0.6 is 0 Å². The van der Waals surface area contributed by atoms with Crippen LogP contribution in [0.4, 0.5) is 0 Å². The summed E-state index contributed by atoms with van der Waals surface area (Å²) in [5.41, 5.74) is 3.76. The topological polar surface area (TPSA) is 71.7 Å². The molecule has 0 aliphatic heterocycles. The van der Waals surface area contributed by atoms with Crippen molar-refractivity contribution in [3.8, 4) is 11.5 Å². The maximum atomic E-state index is 10.1. The number of hydrogen-bond acceptors (Lipinski definition) is 6. The highest BCUT2D eigenvalue weighted by atomic mass is 16.3. The van der Waals surface area contributed by atoms with Crippen LogP contribution in [0.25, 0.3) is 0 Å². The Hall–Kier alpha value is -2.70. The number of phenols is 2. The fourth-order valence-electron chi connectivity index (χ4n) is 3.46. The van der Waals surface area contributed by atoms with E-state index < -0.39 is 0 Å². The average Bonchev–Trinajstić information content (AvgIpc) is 2.81. The van der Waals surface area contributed by atoms with Crippen molar-refractivity contribution in [3.05, 3.63) is 58.7 Å². The lowest BCUT2D eigenvalue weighted by Crippen LogP contribution is -2.22. The van der Waals surface area contributed by atoms with Crippen LogP contribution in [0.2, 0.25) is 0 Å². The maximum Gasteiger partial charge on any atom is 0.124 e. The summed E-state index contributed by atoms with van der Waals surface area (Å²) < 4.78 is 0. The third-order valence-electron chi connectivity index (χ3n) is 5.60. The molecule has 0 amide bonds. The Morgan fingerprint density at radius 2 is 1.03 bits per heavy atom. The molecular formula is C26H38N4O2. The first-order chi connectivity index (χ1) is 15.5. The summed E-state index contributed by atoms with van der Waals surface area (Å²) in [7, 11) is 0. The van der Waals surface area contributed by atoms with Gasteiger partial charge in [-0.2, -0.15) is 0 Å². The van der Waals surface area contributed by atoms with Gasteiger partial charge in [-0.05, 0) is 61.6 Å². The van der Waals surface area contributed by atoms with Crippen molar-refractivity contribution in [2.75, 3.05) is 39.3 Å². The van der Waals surface area contributed by atoms with Gasteiger partial charge in [0.25, 0.3) is 0 Å². The summed E-state index contributed by atoms with van der Waals surface area (Å²) in [6.45, 7) is 15.3. The molecule has 0 aliphatic rings. The first-order valence-corrected chi connectivity index (χ1v) is 11.6. The van der Waals surface area contributed by atoms with E-state index >= 15 is 0 Å². The first kappa shape index (κ1) is 25.6.